The van der Waals surface area contributed by atoms with Crippen molar-refractivity contribution in [3.8, 4) is 0 Å². The fourth-order valence-electron chi connectivity index (χ4n) is 2.35. The van der Waals surface area contributed by atoms with Crippen LogP contribution in [0.3, 0.4) is 0 Å². The fourth-order valence-corrected chi connectivity index (χ4v) is 3.56. The summed E-state index contributed by atoms with van der Waals surface area (Å²) < 4.78 is 23.8. The normalized spacial score (nSPS) is 13.3. The van der Waals surface area contributed by atoms with Crippen LogP contribution in [0.1, 0.15) is 33.6 Å². The molecule has 0 bridgehead atoms. The molecular formula is C22H26FNOS2. The quantitative estimate of drug-likeness (QED) is 0.189. The van der Waals surface area contributed by atoms with Crippen LogP contribution in [0.25, 0.3) is 0 Å². The maximum Gasteiger partial charge on any atom is 0.221 e. The van der Waals surface area contributed by atoms with Crippen molar-refractivity contribution in [2.75, 3.05) is 0 Å². The number of benzene rings is 2. The summed E-state index contributed by atoms with van der Waals surface area (Å²) in [7, 11) is 0. The first kappa shape index (κ1) is 21.6. The summed E-state index contributed by atoms with van der Waals surface area (Å²) in [5.74, 6) is 0.939. The van der Waals surface area contributed by atoms with E-state index < -0.39 is 0 Å². The van der Waals surface area contributed by atoms with Crippen LogP contribution in [0.15, 0.2) is 80.3 Å². The smallest absolute Gasteiger partial charge is 0.221 e. The van der Waals surface area contributed by atoms with Gasteiger partial charge in [-0.1, -0.05) is 50.7 Å². The van der Waals surface area contributed by atoms with Gasteiger partial charge < -0.3 is 4.74 Å². The Bertz CT molecular complexity index is 730. The second-order valence-corrected chi connectivity index (χ2v) is 8.30. The molecule has 0 aliphatic heterocycles. The molecule has 1 unspecified atom stereocenters. The van der Waals surface area contributed by atoms with Crippen LogP contribution in [0.4, 0.5) is 4.39 Å². The average Bonchev–Trinajstić information content (AvgIpc) is 2.67. The number of hydrogen-bond donors (Lipinski definition) is 0. The van der Waals surface area contributed by atoms with Crippen LogP contribution in [-0.4, -0.2) is 12.0 Å². The van der Waals surface area contributed by atoms with Gasteiger partial charge in [0.15, 0.2) is 0 Å². The molecule has 0 amide bonds. The summed E-state index contributed by atoms with van der Waals surface area (Å²) >= 11 is 2.91. The van der Waals surface area contributed by atoms with E-state index in [9.17, 15) is 4.39 Å². The lowest BCUT2D eigenvalue weighted by atomic mass is 10.0. The zero-order valence-electron chi connectivity index (χ0n) is 16.0. The largest absolute Gasteiger partial charge is 0.474 e. The summed E-state index contributed by atoms with van der Waals surface area (Å²) in [4.78, 5) is 2.03. The minimum atomic E-state index is -0.229. The van der Waals surface area contributed by atoms with E-state index in [1.165, 1.54) is 35.8 Å². The van der Waals surface area contributed by atoms with Crippen LogP contribution in [-0.2, 0) is 4.74 Å². The molecule has 2 aromatic carbocycles. The van der Waals surface area contributed by atoms with Crippen molar-refractivity contribution in [2.24, 2.45) is 10.3 Å². The van der Waals surface area contributed by atoms with Crippen molar-refractivity contribution in [3.63, 3.8) is 0 Å². The second kappa shape index (κ2) is 11.9. The van der Waals surface area contributed by atoms with Gasteiger partial charge in [0.25, 0.3) is 0 Å². The van der Waals surface area contributed by atoms with Crippen LogP contribution < -0.4 is 0 Å². The van der Waals surface area contributed by atoms with Crippen molar-refractivity contribution in [2.45, 2.75) is 49.5 Å². The van der Waals surface area contributed by atoms with Crippen LogP contribution in [0, 0.1) is 11.7 Å². The molecule has 0 radical (unpaired) electrons. The lowest BCUT2D eigenvalue weighted by Gasteiger charge is -2.19. The monoisotopic (exact) mass is 403 g/mol. The Morgan fingerprint density at radius 1 is 1.07 bits per heavy atom. The van der Waals surface area contributed by atoms with Crippen LogP contribution in [0.5, 0.6) is 0 Å². The highest BCUT2D eigenvalue weighted by atomic mass is 32.2. The molecule has 0 saturated heterocycles. The number of ether oxygens (including phenoxy) is 1. The fraction of sp³-hybridized carbons (Fsp3) is 0.318. The Kier molecular flexibility index (Phi) is 9.50. The van der Waals surface area contributed by atoms with Gasteiger partial charge in [0.05, 0.1) is 0 Å². The SMILES string of the molecule is CCC(CC(C)C)OC(/C=C/Sc1ccc(F)cc1)=NSc1ccccc1. The first-order valence-electron chi connectivity index (χ1n) is 9.12. The van der Waals surface area contributed by atoms with Crippen molar-refractivity contribution in [3.05, 3.63) is 71.9 Å². The van der Waals surface area contributed by atoms with E-state index in [0.717, 1.165) is 22.6 Å². The molecule has 0 N–H and O–H groups in total. The summed E-state index contributed by atoms with van der Waals surface area (Å²) in [5, 5.41) is 1.93. The summed E-state index contributed by atoms with van der Waals surface area (Å²) in [5.41, 5.74) is 0. The summed E-state index contributed by atoms with van der Waals surface area (Å²) in [6.45, 7) is 6.52. The molecule has 5 heteroatoms. The van der Waals surface area contributed by atoms with Crippen molar-refractivity contribution < 1.29 is 9.13 Å². The predicted molar refractivity (Wildman–Crippen MR) is 116 cm³/mol. The molecule has 0 aliphatic carbocycles. The van der Waals surface area contributed by atoms with Gasteiger partial charge in [-0.05, 0) is 60.6 Å². The van der Waals surface area contributed by atoms with Crippen molar-refractivity contribution >= 4 is 29.6 Å². The topological polar surface area (TPSA) is 21.6 Å². The molecule has 0 heterocycles. The van der Waals surface area contributed by atoms with E-state index in [1.54, 1.807) is 12.1 Å². The molecule has 0 aliphatic rings. The average molecular weight is 404 g/mol. The van der Waals surface area contributed by atoms with Crippen LogP contribution >= 0.6 is 23.7 Å². The third-order valence-electron chi connectivity index (χ3n) is 3.69. The van der Waals surface area contributed by atoms with E-state index in [1.807, 2.05) is 41.8 Å². The molecule has 0 saturated carbocycles. The maximum absolute atomic E-state index is 13.0. The summed E-state index contributed by atoms with van der Waals surface area (Å²) in [6.07, 6.45) is 3.95. The van der Waals surface area contributed by atoms with E-state index in [-0.39, 0.29) is 11.9 Å². The molecule has 1 atom stereocenters. The van der Waals surface area contributed by atoms with Gasteiger partial charge in [-0.15, -0.1) is 0 Å². The Morgan fingerprint density at radius 2 is 1.78 bits per heavy atom. The lowest BCUT2D eigenvalue weighted by molar-refractivity contribution is 0.160. The van der Waals surface area contributed by atoms with E-state index in [0.29, 0.717) is 11.8 Å². The number of nitrogens with zero attached hydrogens (tertiary/aromatic N) is 1. The molecule has 2 rings (SSSR count). The molecule has 2 aromatic rings. The molecule has 27 heavy (non-hydrogen) atoms. The highest BCUT2D eigenvalue weighted by Gasteiger charge is 2.12. The Hall–Kier alpha value is -1.72. The van der Waals surface area contributed by atoms with Gasteiger partial charge in [0, 0.05) is 27.8 Å². The maximum atomic E-state index is 13.0. The predicted octanol–water partition coefficient (Wildman–Crippen LogP) is 7.38. The molecule has 0 aromatic heterocycles. The van der Waals surface area contributed by atoms with Gasteiger partial charge in [-0.3, -0.25) is 0 Å². The Balaban J connectivity index is 2.07. The van der Waals surface area contributed by atoms with Gasteiger partial charge in [0.2, 0.25) is 5.90 Å². The van der Waals surface area contributed by atoms with E-state index in [4.69, 9.17) is 4.74 Å². The van der Waals surface area contributed by atoms with Crippen LogP contribution in [0.2, 0.25) is 0 Å². The highest BCUT2D eigenvalue weighted by Crippen LogP contribution is 2.22. The third kappa shape index (κ3) is 8.67. The third-order valence-corrected chi connectivity index (χ3v) is 5.26. The first-order chi connectivity index (χ1) is 13.1. The number of thioether (sulfide) groups is 1. The van der Waals surface area contributed by atoms with Gasteiger partial charge in [-0.2, -0.15) is 4.40 Å². The number of rotatable bonds is 9. The highest BCUT2D eigenvalue weighted by molar-refractivity contribution is 8.02. The molecule has 144 valence electrons. The standard InChI is InChI=1S/C22H26FNOS2/c1-4-19(16-17(2)3)25-22(24-27-21-8-6-5-7-9-21)14-15-26-20-12-10-18(23)11-13-20/h5-15,17,19H,4,16H2,1-3H3/b15-14+,24-22?. The lowest BCUT2D eigenvalue weighted by Crippen LogP contribution is -2.18. The minimum absolute atomic E-state index is 0.139. The Morgan fingerprint density at radius 3 is 2.41 bits per heavy atom. The zero-order chi connectivity index (χ0) is 19.5. The molecule has 0 spiro atoms. The first-order valence-corrected chi connectivity index (χ1v) is 10.8. The Labute approximate surface area is 170 Å². The molecule has 0 fully saturated rings. The van der Waals surface area contributed by atoms with E-state index >= 15 is 0 Å². The second-order valence-electron chi connectivity index (χ2n) is 6.49. The number of hydrogen-bond acceptors (Lipinski definition) is 4. The summed E-state index contributed by atoms with van der Waals surface area (Å²) in [6, 6.07) is 16.5. The zero-order valence-corrected chi connectivity index (χ0v) is 17.6. The van der Waals surface area contributed by atoms with Gasteiger partial charge >= 0.3 is 0 Å². The number of halogens is 1. The van der Waals surface area contributed by atoms with Gasteiger partial charge in [-0.25, -0.2) is 4.39 Å². The minimum Gasteiger partial charge on any atom is -0.474 e. The van der Waals surface area contributed by atoms with Gasteiger partial charge in [0.1, 0.15) is 11.9 Å². The van der Waals surface area contributed by atoms with Crippen molar-refractivity contribution in [1.29, 1.82) is 0 Å². The molecule has 2 nitrogen and oxygen atoms in total. The van der Waals surface area contributed by atoms with Crippen molar-refractivity contribution in [1.82, 2.24) is 0 Å². The van der Waals surface area contributed by atoms with E-state index in [2.05, 4.69) is 25.2 Å². The molecular weight excluding hydrogens is 377 g/mol.